The maximum absolute atomic E-state index is 6.74. The Bertz CT molecular complexity index is 736. The Morgan fingerprint density at radius 1 is 0.714 bits per heavy atom. The number of hydrogen-bond acceptors (Lipinski definition) is 0. The smallest absolute Gasteiger partial charge is 0.0841 e. The molecule has 21 heavy (non-hydrogen) atoms. The molecule has 3 aromatic carbocycles. The molecule has 0 spiro atoms. The van der Waals surface area contributed by atoms with Gasteiger partial charge in [-0.2, -0.15) is 0 Å². The summed E-state index contributed by atoms with van der Waals surface area (Å²) in [5.74, 6) is 0.547. The van der Waals surface area contributed by atoms with Crippen molar-refractivity contribution in [1.29, 1.82) is 0 Å². The molecule has 0 aliphatic heterocycles. The maximum Gasteiger partial charge on any atom is 0.0841 e. The molecule has 1 heteroatoms. The molecule has 0 amide bonds. The van der Waals surface area contributed by atoms with Crippen molar-refractivity contribution >= 4 is 22.4 Å². The lowest BCUT2D eigenvalue weighted by molar-refractivity contribution is 0.865. The Morgan fingerprint density at radius 2 is 1.33 bits per heavy atom. The molecule has 0 radical (unpaired) electrons. The predicted octanol–water partition coefficient (Wildman–Crippen LogP) is 6.29. The largest absolute Gasteiger partial charge is 0.113 e. The van der Waals surface area contributed by atoms with Crippen molar-refractivity contribution in [3.63, 3.8) is 0 Å². The molecular weight excluding hydrogens is 276 g/mol. The zero-order chi connectivity index (χ0) is 14.8. The second-order valence-electron chi connectivity index (χ2n) is 5.75. The van der Waals surface area contributed by atoms with Crippen molar-refractivity contribution in [2.24, 2.45) is 0 Å². The molecule has 0 heterocycles. The molecule has 0 nitrogen and oxygen atoms in total. The van der Waals surface area contributed by atoms with E-state index < -0.39 is 0 Å². The zero-order valence-electron chi connectivity index (χ0n) is 12.4. The maximum atomic E-state index is 6.74. The van der Waals surface area contributed by atoms with E-state index in [-0.39, 0.29) is 5.38 Å². The van der Waals surface area contributed by atoms with Gasteiger partial charge in [-0.3, -0.25) is 0 Å². The highest BCUT2D eigenvalue weighted by molar-refractivity contribution is 6.23. The summed E-state index contributed by atoms with van der Waals surface area (Å²) in [7, 11) is 0. The van der Waals surface area contributed by atoms with Crippen molar-refractivity contribution in [2.75, 3.05) is 0 Å². The number of benzene rings is 3. The van der Waals surface area contributed by atoms with E-state index in [1.54, 1.807) is 0 Å². The molecule has 0 saturated heterocycles. The van der Waals surface area contributed by atoms with Crippen LogP contribution >= 0.6 is 11.6 Å². The van der Waals surface area contributed by atoms with Gasteiger partial charge in [0.25, 0.3) is 0 Å². The van der Waals surface area contributed by atoms with Gasteiger partial charge in [0.1, 0.15) is 0 Å². The first-order chi connectivity index (χ1) is 10.2. The van der Waals surface area contributed by atoms with Crippen LogP contribution in [0.1, 0.15) is 41.8 Å². The highest BCUT2D eigenvalue weighted by Crippen LogP contribution is 2.34. The number of alkyl halides is 1. The van der Waals surface area contributed by atoms with E-state index in [9.17, 15) is 0 Å². The first-order valence-electron chi connectivity index (χ1n) is 7.38. The van der Waals surface area contributed by atoms with Gasteiger partial charge in [-0.15, -0.1) is 11.6 Å². The van der Waals surface area contributed by atoms with Gasteiger partial charge in [-0.25, -0.2) is 0 Å². The fourth-order valence-corrected chi connectivity index (χ4v) is 3.04. The molecule has 0 N–H and O–H groups in total. The second kappa shape index (κ2) is 5.91. The minimum absolute atomic E-state index is 0.114. The average molecular weight is 295 g/mol. The first kappa shape index (κ1) is 14.2. The Morgan fingerprint density at radius 3 is 2.05 bits per heavy atom. The van der Waals surface area contributed by atoms with Gasteiger partial charge in [0.15, 0.2) is 0 Å². The Balaban J connectivity index is 2.02. The zero-order valence-corrected chi connectivity index (χ0v) is 13.1. The summed E-state index contributed by atoms with van der Waals surface area (Å²) >= 11 is 6.74. The Labute approximate surface area is 131 Å². The van der Waals surface area contributed by atoms with E-state index in [1.165, 1.54) is 21.9 Å². The predicted molar refractivity (Wildman–Crippen MR) is 92.2 cm³/mol. The topological polar surface area (TPSA) is 0 Å². The molecule has 1 unspecified atom stereocenters. The Kier molecular flexibility index (Phi) is 3.98. The lowest BCUT2D eigenvalue weighted by Crippen LogP contribution is -1.96. The Hall–Kier alpha value is -1.79. The average Bonchev–Trinajstić information content (AvgIpc) is 2.53. The standard InChI is InChI=1S/C20H19Cl/c1-14(2)15-10-12-17(13-11-15)20(21)19-9-5-7-16-6-3-4-8-18(16)19/h3-14,20H,1-2H3. The van der Waals surface area contributed by atoms with Crippen molar-refractivity contribution < 1.29 is 0 Å². The van der Waals surface area contributed by atoms with Crippen molar-refractivity contribution in [1.82, 2.24) is 0 Å². The summed E-state index contributed by atoms with van der Waals surface area (Å²) in [5, 5.41) is 2.35. The summed E-state index contributed by atoms with van der Waals surface area (Å²) in [4.78, 5) is 0. The minimum Gasteiger partial charge on any atom is -0.113 e. The third kappa shape index (κ3) is 2.82. The number of halogens is 1. The quantitative estimate of drug-likeness (QED) is 0.498. The SMILES string of the molecule is CC(C)c1ccc(C(Cl)c2cccc3ccccc23)cc1. The first-order valence-corrected chi connectivity index (χ1v) is 7.82. The third-order valence-electron chi connectivity index (χ3n) is 3.99. The number of fused-ring (bicyclic) bond motifs is 1. The van der Waals surface area contributed by atoms with Crippen LogP contribution in [0, 0.1) is 0 Å². The molecule has 0 saturated carbocycles. The van der Waals surface area contributed by atoms with E-state index in [2.05, 4.69) is 80.6 Å². The molecule has 0 fully saturated rings. The third-order valence-corrected chi connectivity index (χ3v) is 4.48. The van der Waals surface area contributed by atoms with Gasteiger partial charge in [0.2, 0.25) is 0 Å². The normalized spacial score (nSPS) is 12.8. The summed E-state index contributed by atoms with van der Waals surface area (Å²) in [5.41, 5.74) is 3.67. The lowest BCUT2D eigenvalue weighted by atomic mass is 9.96. The number of rotatable bonds is 3. The molecule has 1 atom stereocenters. The summed E-state index contributed by atoms with van der Waals surface area (Å²) in [6.07, 6.45) is 0. The van der Waals surface area contributed by atoms with Gasteiger partial charge in [0, 0.05) is 0 Å². The number of hydrogen-bond donors (Lipinski definition) is 0. The molecule has 0 aromatic heterocycles. The van der Waals surface area contributed by atoms with Crippen LogP contribution in [-0.4, -0.2) is 0 Å². The molecule has 0 aliphatic rings. The summed E-state index contributed by atoms with van der Waals surface area (Å²) in [6, 6.07) is 23.4. The van der Waals surface area contributed by atoms with Gasteiger partial charge in [-0.05, 0) is 33.4 Å². The van der Waals surface area contributed by atoms with Crippen molar-refractivity contribution in [3.8, 4) is 0 Å². The van der Waals surface area contributed by atoms with Gasteiger partial charge in [0.05, 0.1) is 5.38 Å². The second-order valence-corrected chi connectivity index (χ2v) is 6.19. The highest BCUT2D eigenvalue weighted by atomic mass is 35.5. The van der Waals surface area contributed by atoms with Crippen LogP contribution in [0.5, 0.6) is 0 Å². The van der Waals surface area contributed by atoms with E-state index in [0.29, 0.717) is 5.92 Å². The van der Waals surface area contributed by atoms with Crippen LogP contribution in [0.2, 0.25) is 0 Å². The molecule has 106 valence electrons. The van der Waals surface area contributed by atoms with Gasteiger partial charge >= 0.3 is 0 Å². The van der Waals surface area contributed by atoms with E-state index >= 15 is 0 Å². The fraction of sp³-hybridized carbons (Fsp3) is 0.200. The fourth-order valence-electron chi connectivity index (χ4n) is 2.70. The van der Waals surface area contributed by atoms with Crippen LogP contribution in [-0.2, 0) is 0 Å². The monoisotopic (exact) mass is 294 g/mol. The van der Waals surface area contributed by atoms with Crippen molar-refractivity contribution in [2.45, 2.75) is 25.1 Å². The van der Waals surface area contributed by atoms with Crippen LogP contribution in [0.3, 0.4) is 0 Å². The van der Waals surface area contributed by atoms with Gasteiger partial charge in [-0.1, -0.05) is 80.6 Å². The summed E-state index contributed by atoms with van der Waals surface area (Å²) in [6.45, 7) is 4.41. The van der Waals surface area contributed by atoms with E-state index in [1.807, 2.05) is 0 Å². The van der Waals surface area contributed by atoms with E-state index in [4.69, 9.17) is 11.6 Å². The van der Waals surface area contributed by atoms with Crippen molar-refractivity contribution in [3.05, 3.63) is 83.4 Å². The summed E-state index contributed by atoms with van der Waals surface area (Å²) < 4.78 is 0. The minimum atomic E-state index is -0.114. The van der Waals surface area contributed by atoms with Crippen LogP contribution < -0.4 is 0 Å². The lowest BCUT2D eigenvalue weighted by Gasteiger charge is -2.14. The molecule has 3 rings (SSSR count). The van der Waals surface area contributed by atoms with Crippen LogP contribution in [0.4, 0.5) is 0 Å². The van der Waals surface area contributed by atoms with Gasteiger partial charge < -0.3 is 0 Å². The van der Waals surface area contributed by atoms with Crippen LogP contribution in [0.25, 0.3) is 10.8 Å². The molecule has 3 aromatic rings. The molecule has 0 bridgehead atoms. The van der Waals surface area contributed by atoms with E-state index in [0.717, 1.165) is 5.56 Å². The molecule has 0 aliphatic carbocycles. The molecular formula is C20H19Cl. The highest BCUT2D eigenvalue weighted by Gasteiger charge is 2.13. The van der Waals surface area contributed by atoms with Crippen LogP contribution in [0.15, 0.2) is 66.7 Å².